The van der Waals surface area contributed by atoms with Crippen molar-refractivity contribution in [3.8, 4) is 33.4 Å². The van der Waals surface area contributed by atoms with Gasteiger partial charge < -0.3 is 9.32 Å². The van der Waals surface area contributed by atoms with E-state index < -0.39 is 5.41 Å². The Balaban J connectivity index is 1.14. The summed E-state index contributed by atoms with van der Waals surface area (Å²) in [6, 6.07) is 78.3. The lowest BCUT2D eigenvalue weighted by molar-refractivity contribution is 0.669. The molecule has 1 aromatic heterocycles. The van der Waals surface area contributed by atoms with Crippen molar-refractivity contribution in [2.45, 2.75) is 5.41 Å². The minimum absolute atomic E-state index is 0.602. The van der Waals surface area contributed by atoms with Crippen molar-refractivity contribution < 1.29 is 4.42 Å². The summed E-state index contributed by atoms with van der Waals surface area (Å²) in [5.74, 6) is 0. The van der Waals surface area contributed by atoms with Crippen LogP contribution in [-0.2, 0) is 5.41 Å². The van der Waals surface area contributed by atoms with E-state index in [1.165, 1.54) is 77.2 Å². The topological polar surface area (TPSA) is 16.4 Å². The molecule has 0 N–H and O–H groups in total. The standard InChI is InChI=1S/C57H35NO/c1-2-14-37(15-3-1)43-30-26-38-17-12-21-49-45-19-7-10-23-51(45)57(56(43)55(38)49)50-22-9-6-18-44(50)46-31-28-41(34-52(46)57)58(40-27-25-36-13-4-5-16-39(36)33-40)42-29-32-48-47-20-8-11-24-53(47)59-54(48)35-42/h1-35H. The largest absolute Gasteiger partial charge is 0.456 e. The number of nitrogens with zero attached hydrogens (tertiary/aromatic N) is 1. The minimum atomic E-state index is -0.602. The minimum Gasteiger partial charge on any atom is -0.456 e. The van der Waals surface area contributed by atoms with Crippen LogP contribution in [0.1, 0.15) is 22.3 Å². The number of para-hydroxylation sites is 1. The summed E-state index contributed by atoms with van der Waals surface area (Å²) in [5.41, 5.74) is 17.2. The van der Waals surface area contributed by atoms with E-state index in [0.29, 0.717) is 0 Å². The summed E-state index contributed by atoms with van der Waals surface area (Å²) in [4.78, 5) is 2.41. The van der Waals surface area contributed by atoms with Crippen LogP contribution >= 0.6 is 0 Å². The highest BCUT2D eigenvalue weighted by atomic mass is 16.3. The summed E-state index contributed by atoms with van der Waals surface area (Å²) in [7, 11) is 0. The molecular formula is C57H35NO. The Morgan fingerprint density at radius 1 is 0.339 bits per heavy atom. The second-order valence-corrected chi connectivity index (χ2v) is 16.0. The van der Waals surface area contributed by atoms with Gasteiger partial charge in [0.25, 0.3) is 0 Å². The third-order valence-corrected chi connectivity index (χ3v) is 13.0. The van der Waals surface area contributed by atoms with Gasteiger partial charge in [0, 0.05) is 33.9 Å². The van der Waals surface area contributed by atoms with Crippen molar-refractivity contribution >= 4 is 60.5 Å². The molecule has 0 fully saturated rings. The average Bonchev–Trinajstić information content (AvgIpc) is 3.81. The maximum absolute atomic E-state index is 6.52. The van der Waals surface area contributed by atoms with Gasteiger partial charge in [0.2, 0.25) is 0 Å². The van der Waals surface area contributed by atoms with Gasteiger partial charge in [0.1, 0.15) is 11.2 Å². The first-order valence-electron chi connectivity index (χ1n) is 20.4. The van der Waals surface area contributed by atoms with E-state index in [1.807, 2.05) is 6.07 Å². The van der Waals surface area contributed by atoms with Crippen molar-refractivity contribution in [3.05, 3.63) is 235 Å². The number of furan rings is 1. The van der Waals surface area contributed by atoms with Gasteiger partial charge in [-0.05, 0) is 120 Å². The van der Waals surface area contributed by atoms with E-state index in [-0.39, 0.29) is 0 Å². The summed E-state index contributed by atoms with van der Waals surface area (Å²) in [5, 5.41) is 7.23. The average molecular weight is 750 g/mol. The smallest absolute Gasteiger partial charge is 0.137 e. The normalized spacial score (nSPS) is 14.8. The molecule has 59 heavy (non-hydrogen) atoms. The third-order valence-electron chi connectivity index (χ3n) is 13.0. The molecule has 1 spiro atoms. The van der Waals surface area contributed by atoms with Gasteiger partial charge in [0.05, 0.1) is 5.41 Å². The molecule has 2 heteroatoms. The van der Waals surface area contributed by atoms with Crippen LogP contribution in [0.2, 0.25) is 0 Å². The Labute approximate surface area is 341 Å². The summed E-state index contributed by atoms with van der Waals surface area (Å²) in [6.45, 7) is 0. The van der Waals surface area contributed by atoms with Crippen molar-refractivity contribution in [1.82, 2.24) is 0 Å². The Morgan fingerprint density at radius 3 is 1.78 bits per heavy atom. The summed E-state index contributed by atoms with van der Waals surface area (Å²) in [6.07, 6.45) is 0. The zero-order valence-corrected chi connectivity index (χ0v) is 32.1. The fourth-order valence-electron chi connectivity index (χ4n) is 10.6. The van der Waals surface area contributed by atoms with Crippen LogP contribution in [0.5, 0.6) is 0 Å². The van der Waals surface area contributed by atoms with Crippen LogP contribution in [0.4, 0.5) is 17.1 Å². The van der Waals surface area contributed by atoms with E-state index in [9.17, 15) is 0 Å². The van der Waals surface area contributed by atoms with E-state index >= 15 is 0 Å². The van der Waals surface area contributed by atoms with E-state index in [4.69, 9.17) is 4.42 Å². The maximum Gasteiger partial charge on any atom is 0.137 e. The molecule has 1 atom stereocenters. The molecule has 10 aromatic carbocycles. The van der Waals surface area contributed by atoms with Gasteiger partial charge in [-0.1, -0.05) is 164 Å². The lowest BCUT2D eigenvalue weighted by Gasteiger charge is -2.41. The number of anilines is 3. The molecule has 0 bridgehead atoms. The highest BCUT2D eigenvalue weighted by Crippen LogP contribution is 2.64. The molecule has 274 valence electrons. The number of rotatable bonds is 4. The summed E-state index contributed by atoms with van der Waals surface area (Å²) >= 11 is 0. The molecule has 0 saturated heterocycles. The highest BCUT2D eigenvalue weighted by Gasteiger charge is 2.51. The van der Waals surface area contributed by atoms with Gasteiger partial charge in [-0.3, -0.25) is 0 Å². The van der Waals surface area contributed by atoms with Crippen molar-refractivity contribution in [1.29, 1.82) is 0 Å². The highest BCUT2D eigenvalue weighted by molar-refractivity contribution is 6.10. The van der Waals surface area contributed by atoms with Crippen LogP contribution in [0, 0.1) is 0 Å². The molecule has 0 aliphatic heterocycles. The van der Waals surface area contributed by atoms with Crippen LogP contribution in [0.15, 0.2) is 217 Å². The number of fused-ring (bicyclic) bond motifs is 13. The molecule has 2 aliphatic rings. The Morgan fingerprint density at radius 2 is 0.915 bits per heavy atom. The predicted molar refractivity (Wildman–Crippen MR) is 245 cm³/mol. The van der Waals surface area contributed by atoms with Crippen LogP contribution in [0.3, 0.4) is 0 Å². The van der Waals surface area contributed by atoms with Crippen LogP contribution in [-0.4, -0.2) is 0 Å². The quantitative estimate of drug-likeness (QED) is 0.178. The molecule has 11 aromatic rings. The Hall–Kier alpha value is -7.68. The molecule has 0 amide bonds. The lowest BCUT2D eigenvalue weighted by Crippen LogP contribution is -2.32. The molecule has 1 unspecified atom stereocenters. The van der Waals surface area contributed by atoms with Gasteiger partial charge >= 0.3 is 0 Å². The monoisotopic (exact) mass is 749 g/mol. The maximum atomic E-state index is 6.52. The first-order valence-corrected chi connectivity index (χ1v) is 20.4. The summed E-state index contributed by atoms with van der Waals surface area (Å²) < 4.78 is 6.52. The number of benzene rings is 10. The molecule has 0 saturated carbocycles. The Kier molecular flexibility index (Phi) is 6.68. The molecule has 2 aliphatic carbocycles. The van der Waals surface area contributed by atoms with Crippen LogP contribution in [0.25, 0.3) is 76.9 Å². The van der Waals surface area contributed by atoms with Crippen LogP contribution < -0.4 is 4.90 Å². The zero-order valence-electron chi connectivity index (χ0n) is 32.1. The molecule has 0 radical (unpaired) electrons. The van der Waals surface area contributed by atoms with E-state index in [1.54, 1.807) is 0 Å². The van der Waals surface area contributed by atoms with Gasteiger partial charge in [0.15, 0.2) is 0 Å². The molecule has 1 heterocycles. The van der Waals surface area contributed by atoms with Gasteiger partial charge in [-0.25, -0.2) is 0 Å². The van der Waals surface area contributed by atoms with E-state index in [2.05, 4.69) is 211 Å². The first-order chi connectivity index (χ1) is 29.3. The second kappa shape index (κ2) is 12.2. The Bertz CT molecular complexity index is 3520. The van der Waals surface area contributed by atoms with Crippen molar-refractivity contribution in [2.75, 3.05) is 4.90 Å². The van der Waals surface area contributed by atoms with Crippen molar-refractivity contribution in [2.24, 2.45) is 0 Å². The lowest BCUT2D eigenvalue weighted by atomic mass is 9.60. The molecule has 2 nitrogen and oxygen atoms in total. The zero-order chi connectivity index (χ0) is 38.7. The van der Waals surface area contributed by atoms with E-state index in [0.717, 1.165) is 39.0 Å². The first kappa shape index (κ1) is 32.4. The SMILES string of the molecule is c1ccc(-c2ccc3cccc4c3c2C2(c3ccccc3-c3ccc(N(c5ccc6ccccc6c5)c5ccc6c(c5)oc5ccccc56)cc32)c2ccccc2-4)cc1. The fraction of sp³-hybridized carbons (Fsp3) is 0.0175. The number of hydrogen-bond donors (Lipinski definition) is 0. The second-order valence-electron chi connectivity index (χ2n) is 16.0. The predicted octanol–water partition coefficient (Wildman–Crippen LogP) is 15.4. The molecule has 13 rings (SSSR count). The fourth-order valence-corrected chi connectivity index (χ4v) is 10.6. The van der Waals surface area contributed by atoms with Gasteiger partial charge in [-0.2, -0.15) is 0 Å². The van der Waals surface area contributed by atoms with Crippen molar-refractivity contribution in [3.63, 3.8) is 0 Å². The number of hydrogen-bond acceptors (Lipinski definition) is 2. The van der Waals surface area contributed by atoms with Gasteiger partial charge in [-0.15, -0.1) is 0 Å². The third kappa shape index (κ3) is 4.46. The molecular weight excluding hydrogens is 715 g/mol.